The van der Waals surface area contributed by atoms with Gasteiger partial charge in [0, 0.05) is 6.42 Å². The molecule has 0 aliphatic rings. The Labute approximate surface area is 135 Å². The number of hydrogen-bond acceptors (Lipinski definition) is 7. The third kappa shape index (κ3) is 10.6. The lowest BCUT2D eigenvalue weighted by Gasteiger charge is -2.25. The molecule has 23 heavy (non-hydrogen) atoms. The molecule has 0 heterocycles. The molecule has 0 aromatic heterocycles. The fraction of sp³-hybridized carbons (Fsp3) is 0.786. The summed E-state index contributed by atoms with van der Waals surface area (Å²) in [6.45, 7) is 9.85. The first kappa shape index (κ1) is 23.6. The topological polar surface area (TPSA) is 145 Å². The van der Waals surface area contributed by atoms with Gasteiger partial charge in [0.1, 0.15) is 0 Å². The quantitative estimate of drug-likeness (QED) is 0.334. The van der Waals surface area contributed by atoms with E-state index in [2.05, 4.69) is 18.7 Å². The number of hydrogen-bond donors (Lipinski definition) is 4. The van der Waals surface area contributed by atoms with E-state index in [9.17, 15) is 14.4 Å². The maximum atomic E-state index is 11.1. The van der Waals surface area contributed by atoms with E-state index < -0.39 is 24.1 Å². The molecular formula is C14H27NO8. The molecule has 0 bridgehead atoms. The van der Waals surface area contributed by atoms with Gasteiger partial charge in [-0.3, -0.25) is 9.69 Å². The van der Waals surface area contributed by atoms with E-state index in [0.717, 1.165) is 19.5 Å². The summed E-state index contributed by atoms with van der Waals surface area (Å²) >= 11 is 0. The molecule has 9 heteroatoms. The van der Waals surface area contributed by atoms with Gasteiger partial charge in [0.15, 0.2) is 18.4 Å². The minimum Gasteiger partial charge on any atom is -0.479 e. The number of carbonyl (C=O) groups excluding carboxylic acids is 1. The number of ether oxygens (including phenoxy) is 1. The molecular weight excluding hydrogens is 310 g/mol. The van der Waals surface area contributed by atoms with Crippen LogP contribution in [0.25, 0.3) is 0 Å². The van der Waals surface area contributed by atoms with Gasteiger partial charge in [-0.25, -0.2) is 9.59 Å². The summed E-state index contributed by atoms with van der Waals surface area (Å²) in [7, 11) is 0. The van der Waals surface area contributed by atoms with Gasteiger partial charge in [0.05, 0.1) is 0 Å². The maximum Gasteiger partial charge on any atom is 0.335 e. The Hall–Kier alpha value is -1.71. The Morgan fingerprint density at radius 3 is 1.61 bits per heavy atom. The van der Waals surface area contributed by atoms with E-state index in [0.29, 0.717) is 6.42 Å². The van der Waals surface area contributed by atoms with Crippen molar-refractivity contribution in [2.24, 2.45) is 0 Å². The summed E-state index contributed by atoms with van der Waals surface area (Å²) in [5.41, 5.74) is 0. The number of aliphatic hydroxyl groups is 2. The monoisotopic (exact) mass is 337 g/mol. The van der Waals surface area contributed by atoms with Crippen LogP contribution in [0.1, 0.15) is 40.5 Å². The zero-order chi connectivity index (χ0) is 18.6. The average Bonchev–Trinajstić information content (AvgIpc) is 2.47. The Morgan fingerprint density at radius 2 is 1.35 bits per heavy atom. The highest BCUT2D eigenvalue weighted by Crippen LogP contribution is 2.02. The van der Waals surface area contributed by atoms with Crippen molar-refractivity contribution in [3.05, 3.63) is 0 Å². The molecule has 0 aromatic carbocycles. The molecule has 0 spiro atoms. The summed E-state index contributed by atoms with van der Waals surface area (Å²) in [4.78, 5) is 32.8. The number of carboxylic acids is 2. The van der Waals surface area contributed by atoms with Gasteiger partial charge in [-0.1, -0.05) is 20.8 Å². The van der Waals surface area contributed by atoms with Gasteiger partial charge >= 0.3 is 17.9 Å². The van der Waals surface area contributed by atoms with Crippen LogP contribution >= 0.6 is 0 Å². The van der Waals surface area contributed by atoms with E-state index in [1.807, 2.05) is 13.8 Å². The molecule has 0 radical (unpaired) electrons. The van der Waals surface area contributed by atoms with E-state index in [4.69, 9.17) is 25.2 Å². The van der Waals surface area contributed by atoms with Crippen LogP contribution in [-0.4, -0.2) is 74.8 Å². The summed E-state index contributed by atoms with van der Waals surface area (Å²) in [6.07, 6.45) is -3.25. The van der Waals surface area contributed by atoms with E-state index in [1.54, 1.807) is 0 Å². The predicted molar refractivity (Wildman–Crippen MR) is 80.7 cm³/mol. The minimum atomic E-state index is -2.27. The minimum absolute atomic E-state index is 0.0888. The van der Waals surface area contributed by atoms with Crippen molar-refractivity contribution >= 4 is 17.9 Å². The molecule has 0 saturated heterocycles. The number of carbonyl (C=O) groups is 3. The third-order valence-electron chi connectivity index (χ3n) is 2.89. The molecule has 136 valence electrons. The first-order chi connectivity index (χ1) is 10.6. The Bertz CT molecular complexity index is 352. The van der Waals surface area contributed by atoms with E-state index in [1.165, 1.54) is 0 Å². The first-order valence-electron chi connectivity index (χ1n) is 7.37. The van der Waals surface area contributed by atoms with Gasteiger partial charge in [-0.05, 0) is 26.4 Å². The largest absolute Gasteiger partial charge is 0.479 e. The molecule has 9 nitrogen and oxygen atoms in total. The van der Waals surface area contributed by atoms with Crippen molar-refractivity contribution in [1.82, 2.24) is 4.90 Å². The second-order valence-corrected chi connectivity index (χ2v) is 4.63. The number of aliphatic carboxylic acids is 2. The van der Waals surface area contributed by atoms with E-state index >= 15 is 0 Å². The zero-order valence-corrected chi connectivity index (χ0v) is 13.9. The second-order valence-electron chi connectivity index (χ2n) is 4.63. The van der Waals surface area contributed by atoms with Crippen LogP contribution in [-0.2, 0) is 19.1 Å². The van der Waals surface area contributed by atoms with Crippen molar-refractivity contribution < 1.29 is 39.5 Å². The number of esters is 1. The van der Waals surface area contributed by atoms with Crippen LogP contribution in [0.4, 0.5) is 0 Å². The molecule has 0 aromatic rings. The van der Waals surface area contributed by atoms with Crippen LogP contribution in [0.15, 0.2) is 0 Å². The van der Waals surface area contributed by atoms with Crippen LogP contribution in [0.5, 0.6) is 0 Å². The zero-order valence-electron chi connectivity index (χ0n) is 13.9. The lowest BCUT2D eigenvalue weighted by atomic mass is 10.2. The summed E-state index contributed by atoms with van der Waals surface area (Å²) in [6, 6.07) is 0. The fourth-order valence-corrected chi connectivity index (χ4v) is 1.54. The van der Waals surface area contributed by atoms with Crippen LogP contribution in [0.3, 0.4) is 0 Å². The molecule has 3 unspecified atom stereocenters. The van der Waals surface area contributed by atoms with Crippen LogP contribution in [0.2, 0.25) is 0 Å². The highest BCUT2D eigenvalue weighted by Gasteiger charge is 2.29. The van der Waals surface area contributed by atoms with Crippen molar-refractivity contribution in [3.8, 4) is 0 Å². The number of aliphatic hydroxyl groups excluding tert-OH is 2. The van der Waals surface area contributed by atoms with E-state index in [-0.39, 0.29) is 12.2 Å². The third-order valence-corrected chi connectivity index (χ3v) is 2.89. The smallest absolute Gasteiger partial charge is 0.335 e. The molecule has 0 aliphatic carbocycles. The molecule has 4 N–H and O–H groups in total. The van der Waals surface area contributed by atoms with Crippen LogP contribution < -0.4 is 0 Å². The van der Waals surface area contributed by atoms with Gasteiger partial charge in [0.25, 0.3) is 0 Å². The van der Waals surface area contributed by atoms with Gasteiger partial charge in [-0.15, -0.1) is 0 Å². The normalized spacial score (nSPS) is 14.2. The maximum absolute atomic E-state index is 11.1. The standard InChI is InChI=1S/C10H21NO2.C4H6O6/c1-5-8-10(12)13-9(4)11(6-2)7-3;5-1(3(7)8)2(6)4(9)10/h9H,5-8H2,1-4H3;1-2,5-6H,(H,7,8)(H,9,10). The van der Waals surface area contributed by atoms with Gasteiger partial charge < -0.3 is 25.2 Å². The number of nitrogens with zero attached hydrogens (tertiary/aromatic N) is 1. The molecule has 0 amide bonds. The second kappa shape index (κ2) is 12.8. The van der Waals surface area contributed by atoms with Crippen molar-refractivity contribution in [2.45, 2.75) is 59.0 Å². The summed E-state index contributed by atoms with van der Waals surface area (Å²) < 4.78 is 5.22. The lowest BCUT2D eigenvalue weighted by molar-refractivity contribution is -0.165. The predicted octanol–water partition coefficient (Wildman–Crippen LogP) is -0.105. The SMILES string of the molecule is CCCC(=O)OC(C)N(CC)CC.O=C(O)C(O)C(O)C(=O)O. The number of rotatable bonds is 9. The first-order valence-corrected chi connectivity index (χ1v) is 7.37. The molecule has 0 aliphatic heterocycles. The molecule has 0 fully saturated rings. The Morgan fingerprint density at radius 1 is 0.957 bits per heavy atom. The fourth-order valence-electron chi connectivity index (χ4n) is 1.54. The lowest BCUT2D eigenvalue weighted by Crippen LogP contribution is -2.39. The van der Waals surface area contributed by atoms with Crippen molar-refractivity contribution in [3.63, 3.8) is 0 Å². The van der Waals surface area contributed by atoms with Crippen molar-refractivity contribution in [1.29, 1.82) is 0 Å². The van der Waals surface area contributed by atoms with Gasteiger partial charge in [-0.2, -0.15) is 0 Å². The number of carboxylic acid groups (broad SMARTS) is 2. The Kier molecular flexibility index (Phi) is 13.1. The highest BCUT2D eigenvalue weighted by molar-refractivity contribution is 5.83. The average molecular weight is 337 g/mol. The molecule has 0 rings (SSSR count). The molecule has 0 saturated carbocycles. The highest BCUT2D eigenvalue weighted by atomic mass is 16.6. The molecule has 3 atom stereocenters. The van der Waals surface area contributed by atoms with Gasteiger partial charge in [0.2, 0.25) is 0 Å². The summed E-state index contributed by atoms with van der Waals surface area (Å²) in [5, 5.41) is 32.5. The Balaban J connectivity index is 0. The van der Waals surface area contributed by atoms with Crippen LogP contribution in [0, 0.1) is 0 Å². The van der Waals surface area contributed by atoms with Crippen molar-refractivity contribution in [2.75, 3.05) is 13.1 Å². The summed E-state index contributed by atoms with van der Waals surface area (Å²) in [5.74, 6) is -3.63.